The van der Waals surface area contributed by atoms with Gasteiger partial charge in [0, 0.05) is 0 Å². The molecular weight excluding hydrogens is 372 g/mol. The van der Waals surface area contributed by atoms with E-state index in [1.807, 2.05) is 24.3 Å². The van der Waals surface area contributed by atoms with Crippen LogP contribution in [-0.2, 0) is 27.2 Å². The number of aliphatic hydroxyl groups is 1. The number of ether oxygens (including phenoxy) is 1. The second-order valence-electron chi connectivity index (χ2n) is 9.01. The van der Waals surface area contributed by atoms with Gasteiger partial charge in [-0.2, -0.15) is 0 Å². The van der Waals surface area contributed by atoms with Gasteiger partial charge in [-0.3, -0.25) is 14.5 Å². The number of amides is 3. The summed E-state index contributed by atoms with van der Waals surface area (Å²) >= 11 is 0. The van der Waals surface area contributed by atoms with E-state index in [0.29, 0.717) is 12.8 Å². The molecule has 5 rings (SSSR count). The maximum absolute atomic E-state index is 13.6. The lowest BCUT2D eigenvalue weighted by Crippen LogP contribution is -2.56. The summed E-state index contributed by atoms with van der Waals surface area (Å²) in [5.74, 6) is -0.661. The summed E-state index contributed by atoms with van der Waals surface area (Å²) in [4.78, 5) is 41.9. The predicted octanol–water partition coefficient (Wildman–Crippen LogP) is 1.51. The number of rotatable bonds is 6. The van der Waals surface area contributed by atoms with Gasteiger partial charge >= 0.3 is 12.0 Å². The molecule has 2 unspecified atom stereocenters. The molecule has 0 bridgehead atoms. The fourth-order valence-electron chi connectivity index (χ4n) is 5.52. The zero-order valence-corrected chi connectivity index (χ0v) is 16.6. The van der Waals surface area contributed by atoms with Crippen LogP contribution in [0.25, 0.3) is 0 Å². The zero-order chi connectivity index (χ0) is 20.4. The third-order valence-corrected chi connectivity index (χ3v) is 7.30. The molecule has 1 N–H and O–H groups in total. The summed E-state index contributed by atoms with van der Waals surface area (Å²) in [6.07, 6.45) is 3.97. The van der Waals surface area contributed by atoms with Gasteiger partial charge in [0.1, 0.15) is 12.6 Å². The molecule has 3 amide bonds. The molecule has 1 aromatic carbocycles. The number of nitrogens with zero attached hydrogens (tertiary/aromatic N) is 2. The van der Waals surface area contributed by atoms with Gasteiger partial charge in [0.05, 0.1) is 18.8 Å². The number of hydrogen-bond donors (Lipinski definition) is 1. The molecule has 1 aromatic rings. The fraction of sp³-hybridized carbons (Fsp3) is 0.591. The first kappa shape index (κ1) is 18.6. The Kier molecular flexibility index (Phi) is 4.04. The van der Waals surface area contributed by atoms with Gasteiger partial charge in [0.25, 0.3) is 5.91 Å². The van der Waals surface area contributed by atoms with Crippen molar-refractivity contribution in [2.24, 2.45) is 11.3 Å². The Morgan fingerprint density at radius 1 is 1.21 bits per heavy atom. The Morgan fingerprint density at radius 2 is 1.86 bits per heavy atom. The van der Waals surface area contributed by atoms with Gasteiger partial charge in [-0.15, -0.1) is 0 Å². The normalized spacial score (nSPS) is 28.1. The topological polar surface area (TPSA) is 87.2 Å². The van der Waals surface area contributed by atoms with Crippen molar-refractivity contribution >= 4 is 17.9 Å². The highest BCUT2D eigenvalue weighted by atomic mass is 16.5. The van der Waals surface area contributed by atoms with Gasteiger partial charge in [-0.25, -0.2) is 4.79 Å². The summed E-state index contributed by atoms with van der Waals surface area (Å²) in [5.41, 5.74) is 1.31. The molecule has 3 aliphatic carbocycles. The lowest BCUT2D eigenvalue weighted by atomic mass is 9.94. The smallest absolute Gasteiger partial charge is 0.328 e. The first-order valence-electron chi connectivity index (χ1n) is 10.4. The number of urea groups is 1. The van der Waals surface area contributed by atoms with Gasteiger partial charge in [-0.1, -0.05) is 24.3 Å². The lowest BCUT2D eigenvalue weighted by Gasteiger charge is -2.35. The van der Waals surface area contributed by atoms with Crippen LogP contribution < -0.4 is 0 Å². The minimum atomic E-state index is -0.981. The average Bonchev–Trinajstić information content (AvgIpc) is 3.56. The number of esters is 1. The second-order valence-corrected chi connectivity index (χ2v) is 9.01. The Hall–Kier alpha value is -2.41. The van der Waals surface area contributed by atoms with Gasteiger partial charge in [0.15, 0.2) is 0 Å². The molecule has 0 aromatic heterocycles. The lowest BCUT2D eigenvalue weighted by molar-refractivity contribution is -0.144. The van der Waals surface area contributed by atoms with Crippen LogP contribution >= 0.6 is 0 Å². The van der Waals surface area contributed by atoms with Crippen LogP contribution in [0.15, 0.2) is 24.3 Å². The van der Waals surface area contributed by atoms with Crippen molar-refractivity contribution in [2.75, 3.05) is 19.8 Å². The van der Waals surface area contributed by atoms with Crippen molar-refractivity contribution in [3.63, 3.8) is 0 Å². The van der Waals surface area contributed by atoms with Crippen molar-refractivity contribution in [1.82, 2.24) is 9.80 Å². The molecule has 29 heavy (non-hydrogen) atoms. The van der Waals surface area contributed by atoms with Gasteiger partial charge < -0.3 is 14.7 Å². The molecule has 1 heterocycles. The summed E-state index contributed by atoms with van der Waals surface area (Å²) in [7, 11) is 0. The minimum absolute atomic E-state index is 0.109. The largest absolute Gasteiger partial charge is 0.465 e. The Balaban J connectivity index is 1.48. The van der Waals surface area contributed by atoms with Crippen molar-refractivity contribution in [2.45, 2.75) is 50.6 Å². The second kappa shape index (κ2) is 6.29. The molecule has 2 saturated carbocycles. The highest BCUT2D eigenvalue weighted by molar-refractivity contribution is 6.06. The first-order chi connectivity index (χ1) is 13.9. The van der Waals surface area contributed by atoms with Crippen LogP contribution in [-0.4, -0.2) is 64.2 Å². The average molecular weight is 398 g/mol. The maximum atomic E-state index is 13.6. The Bertz CT molecular complexity index is 868. The number of carbonyl (C=O) groups excluding carboxylic acids is 3. The van der Waals surface area contributed by atoms with Crippen molar-refractivity contribution < 1.29 is 24.2 Å². The third kappa shape index (κ3) is 2.70. The number of imide groups is 1. The first-order valence-corrected chi connectivity index (χ1v) is 10.4. The van der Waals surface area contributed by atoms with E-state index in [1.54, 1.807) is 6.92 Å². The van der Waals surface area contributed by atoms with E-state index >= 15 is 0 Å². The SMILES string of the molecule is CCOC(=O)CN1C(=O)N(C2(CO)Cc3ccccc3C2)C(=O)C1C1CC12CC2. The Labute approximate surface area is 169 Å². The summed E-state index contributed by atoms with van der Waals surface area (Å²) in [6, 6.07) is 6.71. The summed E-state index contributed by atoms with van der Waals surface area (Å²) in [5, 5.41) is 10.3. The van der Waals surface area contributed by atoms with Gasteiger partial charge in [0.2, 0.25) is 0 Å². The van der Waals surface area contributed by atoms with Crippen molar-refractivity contribution in [3.8, 4) is 0 Å². The Morgan fingerprint density at radius 3 is 2.38 bits per heavy atom. The van der Waals surface area contributed by atoms with E-state index < -0.39 is 23.6 Å². The van der Waals surface area contributed by atoms with Crippen LogP contribution in [0.4, 0.5) is 4.79 Å². The molecule has 1 saturated heterocycles. The van der Waals surface area contributed by atoms with Crippen LogP contribution in [0.2, 0.25) is 0 Å². The summed E-state index contributed by atoms with van der Waals surface area (Å²) < 4.78 is 5.05. The maximum Gasteiger partial charge on any atom is 0.328 e. The van der Waals surface area contributed by atoms with Crippen LogP contribution in [0.3, 0.4) is 0 Å². The third-order valence-electron chi connectivity index (χ3n) is 7.30. The number of benzene rings is 1. The molecule has 154 valence electrons. The predicted molar refractivity (Wildman–Crippen MR) is 103 cm³/mol. The van der Waals surface area contributed by atoms with Gasteiger partial charge in [-0.05, 0) is 61.5 Å². The van der Waals surface area contributed by atoms with Crippen LogP contribution in [0.5, 0.6) is 0 Å². The number of carbonyl (C=O) groups is 3. The van der Waals surface area contributed by atoms with Crippen LogP contribution in [0.1, 0.15) is 37.3 Å². The van der Waals surface area contributed by atoms with E-state index in [9.17, 15) is 19.5 Å². The minimum Gasteiger partial charge on any atom is -0.465 e. The van der Waals surface area contributed by atoms with E-state index in [1.165, 1.54) is 9.80 Å². The van der Waals surface area contributed by atoms with Crippen LogP contribution in [0, 0.1) is 11.3 Å². The molecule has 2 atom stereocenters. The van der Waals surface area contributed by atoms with E-state index in [2.05, 4.69) is 0 Å². The number of aliphatic hydroxyl groups excluding tert-OH is 1. The molecule has 7 heteroatoms. The molecule has 7 nitrogen and oxygen atoms in total. The number of hydrogen-bond acceptors (Lipinski definition) is 5. The molecule has 1 aliphatic heterocycles. The monoisotopic (exact) mass is 398 g/mol. The molecule has 3 fully saturated rings. The summed E-state index contributed by atoms with van der Waals surface area (Å²) in [6.45, 7) is 1.43. The zero-order valence-electron chi connectivity index (χ0n) is 16.6. The standard InChI is InChI=1S/C22H26N2O5/c1-2-29-17(26)12-23-18(16-11-21(16)7-8-21)19(27)24(20(23)28)22(13-25)9-14-5-3-4-6-15(14)10-22/h3-6,16,18,25H,2,7-13H2,1H3. The highest BCUT2D eigenvalue weighted by Crippen LogP contribution is 2.72. The molecule has 1 spiro atoms. The quantitative estimate of drug-likeness (QED) is 0.580. The highest BCUT2D eigenvalue weighted by Gasteiger charge is 2.71. The van der Waals surface area contributed by atoms with E-state index in [0.717, 1.165) is 30.4 Å². The fourth-order valence-corrected chi connectivity index (χ4v) is 5.52. The van der Waals surface area contributed by atoms with E-state index in [4.69, 9.17) is 4.74 Å². The van der Waals surface area contributed by atoms with Crippen molar-refractivity contribution in [3.05, 3.63) is 35.4 Å². The van der Waals surface area contributed by atoms with Crippen molar-refractivity contribution in [1.29, 1.82) is 0 Å². The molecule has 0 radical (unpaired) electrons. The molecule has 4 aliphatic rings. The van der Waals surface area contributed by atoms with E-state index in [-0.39, 0.29) is 37.0 Å². The molecular formula is C22H26N2O5. The number of fused-ring (bicyclic) bond motifs is 1.